The molecule has 1 fully saturated rings. The molecule has 0 aromatic heterocycles. The summed E-state index contributed by atoms with van der Waals surface area (Å²) in [5.74, 6) is 0.777. The predicted molar refractivity (Wildman–Crippen MR) is 62.6 cm³/mol. The van der Waals surface area contributed by atoms with Gasteiger partial charge in [0.25, 0.3) is 0 Å². The van der Waals surface area contributed by atoms with Gasteiger partial charge in [-0.15, -0.1) is 0 Å². The van der Waals surface area contributed by atoms with E-state index in [9.17, 15) is 0 Å². The number of rotatable bonds is 5. The molecule has 2 heteroatoms. The molecular formula is C12H26N2. The fraction of sp³-hybridized carbons (Fsp3) is 1.00. The second-order valence-electron chi connectivity index (χ2n) is 5.23. The molecule has 1 rings (SSSR count). The minimum Gasteiger partial charge on any atom is -0.313 e. The van der Waals surface area contributed by atoms with E-state index < -0.39 is 0 Å². The van der Waals surface area contributed by atoms with E-state index in [-0.39, 0.29) is 0 Å². The zero-order chi connectivity index (χ0) is 10.6. The van der Waals surface area contributed by atoms with Gasteiger partial charge in [0.2, 0.25) is 0 Å². The third kappa shape index (κ3) is 3.97. The van der Waals surface area contributed by atoms with E-state index in [0.717, 1.165) is 12.0 Å². The van der Waals surface area contributed by atoms with Gasteiger partial charge in [0.1, 0.15) is 0 Å². The molecule has 1 aliphatic heterocycles. The maximum absolute atomic E-state index is 3.57. The standard InChI is InChI=1S/C12H26N2/c1-10(2)8-14(11(3)4)9-12-6-5-7-13-12/h10-13H,5-9H2,1-4H3. The van der Waals surface area contributed by atoms with Crippen LogP contribution < -0.4 is 5.32 Å². The van der Waals surface area contributed by atoms with Crippen molar-refractivity contribution in [2.75, 3.05) is 19.6 Å². The number of nitrogens with one attached hydrogen (secondary N) is 1. The zero-order valence-corrected chi connectivity index (χ0v) is 10.2. The zero-order valence-electron chi connectivity index (χ0n) is 10.2. The van der Waals surface area contributed by atoms with Crippen LogP contribution in [-0.2, 0) is 0 Å². The van der Waals surface area contributed by atoms with Crippen molar-refractivity contribution in [3.05, 3.63) is 0 Å². The van der Waals surface area contributed by atoms with Gasteiger partial charge < -0.3 is 5.32 Å². The van der Waals surface area contributed by atoms with Crippen LogP contribution in [0.3, 0.4) is 0 Å². The Morgan fingerprint density at radius 2 is 2.00 bits per heavy atom. The molecule has 0 spiro atoms. The first kappa shape index (κ1) is 12.0. The summed E-state index contributed by atoms with van der Waals surface area (Å²) in [7, 11) is 0. The second-order valence-corrected chi connectivity index (χ2v) is 5.23. The summed E-state index contributed by atoms with van der Waals surface area (Å²) >= 11 is 0. The highest BCUT2D eigenvalue weighted by Gasteiger charge is 2.19. The van der Waals surface area contributed by atoms with Gasteiger partial charge in [0.15, 0.2) is 0 Å². The molecule has 1 heterocycles. The van der Waals surface area contributed by atoms with Gasteiger partial charge in [-0.25, -0.2) is 0 Å². The molecule has 2 nitrogen and oxygen atoms in total. The lowest BCUT2D eigenvalue weighted by molar-refractivity contribution is 0.181. The van der Waals surface area contributed by atoms with Crippen LogP contribution in [0.15, 0.2) is 0 Å². The van der Waals surface area contributed by atoms with E-state index in [1.54, 1.807) is 0 Å². The molecule has 0 aromatic carbocycles. The van der Waals surface area contributed by atoms with Gasteiger partial charge in [0.05, 0.1) is 0 Å². The molecule has 0 saturated carbocycles. The van der Waals surface area contributed by atoms with Crippen molar-refractivity contribution in [1.82, 2.24) is 10.2 Å². The van der Waals surface area contributed by atoms with Gasteiger partial charge in [-0.1, -0.05) is 13.8 Å². The highest BCUT2D eigenvalue weighted by atomic mass is 15.2. The van der Waals surface area contributed by atoms with Crippen molar-refractivity contribution >= 4 is 0 Å². The van der Waals surface area contributed by atoms with Crippen LogP contribution in [0.1, 0.15) is 40.5 Å². The second kappa shape index (κ2) is 5.72. The SMILES string of the molecule is CC(C)CN(CC1CCCN1)C(C)C. The highest BCUT2D eigenvalue weighted by Crippen LogP contribution is 2.11. The third-order valence-electron chi connectivity index (χ3n) is 2.95. The van der Waals surface area contributed by atoms with Crippen LogP contribution in [-0.4, -0.2) is 36.6 Å². The topological polar surface area (TPSA) is 15.3 Å². The van der Waals surface area contributed by atoms with Crippen LogP contribution in [0.5, 0.6) is 0 Å². The molecule has 0 aromatic rings. The van der Waals surface area contributed by atoms with Crippen molar-refractivity contribution in [1.29, 1.82) is 0 Å². The number of nitrogens with zero attached hydrogens (tertiary/aromatic N) is 1. The fourth-order valence-electron chi connectivity index (χ4n) is 2.16. The normalized spacial score (nSPS) is 22.9. The Hall–Kier alpha value is -0.0800. The average Bonchev–Trinajstić information content (AvgIpc) is 2.54. The summed E-state index contributed by atoms with van der Waals surface area (Å²) in [6, 6.07) is 1.43. The van der Waals surface area contributed by atoms with Crippen molar-refractivity contribution < 1.29 is 0 Å². The number of hydrogen-bond donors (Lipinski definition) is 1. The molecule has 0 radical (unpaired) electrons. The third-order valence-corrected chi connectivity index (χ3v) is 2.95. The van der Waals surface area contributed by atoms with E-state index in [2.05, 4.69) is 37.9 Å². The van der Waals surface area contributed by atoms with Crippen molar-refractivity contribution in [2.24, 2.45) is 5.92 Å². The quantitative estimate of drug-likeness (QED) is 0.728. The summed E-state index contributed by atoms with van der Waals surface area (Å²) in [6.07, 6.45) is 2.72. The molecule has 1 saturated heterocycles. The maximum Gasteiger partial charge on any atom is 0.0195 e. The first-order chi connectivity index (χ1) is 6.59. The van der Waals surface area contributed by atoms with Gasteiger partial charge in [0, 0.05) is 25.2 Å². The van der Waals surface area contributed by atoms with Gasteiger partial charge >= 0.3 is 0 Å². The van der Waals surface area contributed by atoms with E-state index in [1.165, 1.54) is 32.5 Å². The Morgan fingerprint density at radius 3 is 2.43 bits per heavy atom. The molecule has 0 aliphatic carbocycles. The Morgan fingerprint density at radius 1 is 1.29 bits per heavy atom. The molecule has 84 valence electrons. The maximum atomic E-state index is 3.57. The first-order valence-corrected chi connectivity index (χ1v) is 6.07. The van der Waals surface area contributed by atoms with E-state index >= 15 is 0 Å². The van der Waals surface area contributed by atoms with E-state index in [4.69, 9.17) is 0 Å². The Bertz CT molecular complexity index is 148. The summed E-state index contributed by atoms with van der Waals surface area (Å²) in [5, 5.41) is 3.57. The molecule has 1 atom stereocenters. The first-order valence-electron chi connectivity index (χ1n) is 6.07. The van der Waals surface area contributed by atoms with E-state index in [0.29, 0.717) is 6.04 Å². The summed E-state index contributed by atoms with van der Waals surface area (Å²) < 4.78 is 0. The molecule has 1 aliphatic rings. The molecule has 1 unspecified atom stereocenters. The lowest BCUT2D eigenvalue weighted by atomic mass is 10.1. The van der Waals surface area contributed by atoms with Crippen molar-refractivity contribution in [3.63, 3.8) is 0 Å². The summed E-state index contributed by atoms with van der Waals surface area (Å²) in [5.41, 5.74) is 0. The van der Waals surface area contributed by atoms with Crippen LogP contribution in [0, 0.1) is 5.92 Å². The van der Waals surface area contributed by atoms with Crippen LogP contribution in [0.2, 0.25) is 0 Å². The Balaban J connectivity index is 2.33. The molecule has 0 amide bonds. The van der Waals surface area contributed by atoms with Crippen LogP contribution in [0.4, 0.5) is 0 Å². The van der Waals surface area contributed by atoms with Crippen molar-refractivity contribution in [3.8, 4) is 0 Å². The van der Waals surface area contributed by atoms with Gasteiger partial charge in [-0.05, 0) is 39.2 Å². The minimum absolute atomic E-state index is 0.680. The molecular weight excluding hydrogens is 172 g/mol. The lowest BCUT2D eigenvalue weighted by Crippen LogP contribution is -2.42. The van der Waals surface area contributed by atoms with Gasteiger partial charge in [-0.3, -0.25) is 4.90 Å². The molecule has 0 bridgehead atoms. The van der Waals surface area contributed by atoms with Crippen molar-refractivity contribution in [2.45, 2.75) is 52.6 Å². The van der Waals surface area contributed by atoms with Crippen LogP contribution >= 0.6 is 0 Å². The number of hydrogen-bond acceptors (Lipinski definition) is 2. The fourth-order valence-corrected chi connectivity index (χ4v) is 2.16. The Labute approximate surface area is 89.1 Å². The smallest absolute Gasteiger partial charge is 0.0195 e. The molecule has 14 heavy (non-hydrogen) atoms. The summed E-state index contributed by atoms with van der Waals surface area (Å²) in [6.45, 7) is 12.9. The summed E-state index contributed by atoms with van der Waals surface area (Å²) in [4.78, 5) is 2.60. The average molecular weight is 198 g/mol. The minimum atomic E-state index is 0.680. The van der Waals surface area contributed by atoms with Gasteiger partial charge in [-0.2, -0.15) is 0 Å². The van der Waals surface area contributed by atoms with Crippen LogP contribution in [0.25, 0.3) is 0 Å². The molecule has 1 N–H and O–H groups in total. The highest BCUT2D eigenvalue weighted by molar-refractivity contribution is 4.79. The monoisotopic (exact) mass is 198 g/mol. The lowest BCUT2D eigenvalue weighted by Gasteiger charge is -2.30. The Kier molecular flexibility index (Phi) is 4.90. The predicted octanol–water partition coefficient (Wildman–Crippen LogP) is 2.10. The largest absolute Gasteiger partial charge is 0.313 e. The van der Waals surface area contributed by atoms with E-state index in [1.807, 2.05) is 0 Å².